The average Bonchev–Trinajstić information content (AvgIpc) is 1.98. The van der Waals surface area contributed by atoms with Crippen molar-refractivity contribution in [2.75, 3.05) is 20.3 Å². The molecule has 0 radical (unpaired) electrons. The van der Waals surface area contributed by atoms with Crippen LogP contribution in [-0.2, 0) is 4.74 Å². The van der Waals surface area contributed by atoms with Crippen molar-refractivity contribution in [1.82, 2.24) is 5.32 Å². The van der Waals surface area contributed by atoms with Crippen LogP contribution in [0.15, 0.2) is 0 Å². The van der Waals surface area contributed by atoms with Gasteiger partial charge in [-0.2, -0.15) is 5.26 Å². The van der Waals surface area contributed by atoms with E-state index in [1.807, 2.05) is 0 Å². The number of nitrogens with one attached hydrogen (secondary N) is 1. The minimum absolute atomic E-state index is 0.0181. The zero-order valence-corrected chi connectivity index (χ0v) is 8.18. The Labute approximate surface area is 74.7 Å². The number of rotatable bonds is 6. The molecule has 3 nitrogen and oxygen atoms in total. The molecule has 0 aliphatic rings. The number of unbranched alkanes of at least 4 members (excludes halogenated alkanes) is 1. The van der Waals surface area contributed by atoms with Crippen molar-refractivity contribution in [3.8, 4) is 6.07 Å². The summed E-state index contributed by atoms with van der Waals surface area (Å²) in [6.45, 7) is 5.75. The monoisotopic (exact) mass is 170 g/mol. The molecule has 1 N–H and O–H groups in total. The summed E-state index contributed by atoms with van der Waals surface area (Å²) in [5.41, 5.74) is 0.0181. The molecule has 0 aliphatic carbocycles. The van der Waals surface area contributed by atoms with E-state index in [0.29, 0.717) is 13.0 Å². The second-order valence-corrected chi connectivity index (χ2v) is 3.51. The first kappa shape index (κ1) is 11.4. The van der Waals surface area contributed by atoms with Crippen LogP contribution >= 0.6 is 0 Å². The molecule has 0 rings (SSSR count). The van der Waals surface area contributed by atoms with E-state index in [4.69, 9.17) is 10.00 Å². The van der Waals surface area contributed by atoms with Gasteiger partial charge in [0.15, 0.2) is 0 Å². The second kappa shape index (κ2) is 5.99. The van der Waals surface area contributed by atoms with Crippen molar-refractivity contribution in [3.63, 3.8) is 0 Å². The molecule has 0 atom stereocenters. The van der Waals surface area contributed by atoms with Gasteiger partial charge in [-0.3, -0.25) is 0 Å². The molecular weight excluding hydrogens is 152 g/mol. The van der Waals surface area contributed by atoms with Gasteiger partial charge in [-0.05, 0) is 26.8 Å². The summed E-state index contributed by atoms with van der Waals surface area (Å²) in [7, 11) is 1.69. The van der Waals surface area contributed by atoms with E-state index >= 15 is 0 Å². The third-order valence-electron chi connectivity index (χ3n) is 1.57. The van der Waals surface area contributed by atoms with Crippen LogP contribution in [0.25, 0.3) is 0 Å². The van der Waals surface area contributed by atoms with Crippen molar-refractivity contribution in [3.05, 3.63) is 0 Å². The number of nitrogens with zero attached hydrogens (tertiary/aromatic N) is 1. The van der Waals surface area contributed by atoms with Gasteiger partial charge in [-0.25, -0.2) is 0 Å². The van der Waals surface area contributed by atoms with Crippen LogP contribution in [0.1, 0.15) is 26.7 Å². The molecule has 0 spiro atoms. The van der Waals surface area contributed by atoms with Gasteiger partial charge in [0.2, 0.25) is 0 Å². The number of nitriles is 1. The van der Waals surface area contributed by atoms with Gasteiger partial charge < -0.3 is 10.1 Å². The van der Waals surface area contributed by atoms with Gasteiger partial charge in [-0.1, -0.05) is 0 Å². The highest BCUT2D eigenvalue weighted by Crippen LogP contribution is 2.01. The number of methoxy groups -OCH3 is 1. The molecule has 0 aliphatic heterocycles. The fourth-order valence-electron chi connectivity index (χ4n) is 1.01. The van der Waals surface area contributed by atoms with Gasteiger partial charge in [0.05, 0.1) is 12.7 Å². The van der Waals surface area contributed by atoms with Crippen LogP contribution < -0.4 is 5.32 Å². The Hall–Kier alpha value is -0.590. The first-order chi connectivity index (χ1) is 5.62. The van der Waals surface area contributed by atoms with E-state index in [0.717, 1.165) is 13.0 Å². The summed E-state index contributed by atoms with van der Waals surface area (Å²) in [5, 5.41) is 11.6. The fraction of sp³-hybridized carbons (Fsp3) is 0.889. The lowest BCUT2D eigenvalue weighted by Crippen LogP contribution is -2.43. The van der Waals surface area contributed by atoms with E-state index < -0.39 is 0 Å². The molecule has 0 unspecified atom stereocenters. The van der Waals surface area contributed by atoms with Crippen molar-refractivity contribution in [1.29, 1.82) is 5.26 Å². The summed E-state index contributed by atoms with van der Waals surface area (Å²) in [6, 6.07) is 2.11. The Morgan fingerprint density at radius 2 is 2.17 bits per heavy atom. The Balaban J connectivity index is 3.41. The minimum atomic E-state index is 0.0181. The summed E-state index contributed by atoms with van der Waals surface area (Å²) in [4.78, 5) is 0. The van der Waals surface area contributed by atoms with E-state index in [1.54, 1.807) is 7.11 Å². The quantitative estimate of drug-likeness (QED) is 0.611. The zero-order valence-electron chi connectivity index (χ0n) is 8.18. The lowest BCUT2D eigenvalue weighted by atomic mass is 10.1. The fourth-order valence-corrected chi connectivity index (χ4v) is 1.01. The maximum atomic E-state index is 8.30. The SMILES string of the molecule is COCC(C)(C)NCCCC#N. The highest BCUT2D eigenvalue weighted by molar-refractivity contribution is 4.77. The normalized spacial score (nSPS) is 11.2. The molecule has 3 heteroatoms. The highest BCUT2D eigenvalue weighted by atomic mass is 16.5. The summed E-state index contributed by atoms with van der Waals surface area (Å²) in [5.74, 6) is 0. The summed E-state index contributed by atoms with van der Waals surface area (Å²) < 4.78 is 5.04. The van der Waals surface area contributed by atoms with E-state index in [2.05, 4.69) is 25.2 Å². The van der Waals surface area contributed by atoms with Crippen molar-refractivity contribution >= 4 is 0 Å². The molecule has 12 heavy (non-hydrogen) atoms. The Morgan fingerprint density at radius 1 is 1.50 bits per heavy atom. The topological polar surface area (TPSA) is 45.0 Å². The van der Waals surface area contributed by atoms with Crippen molar-refractivity contribution in [2.24, 2.45) is 0 Å². The zero-order chi connectivity index (χ0) is 9.45. The maximum Gasteiger partial charge on any atom is 0.0639 e. The summed E-state index contributed by atoms with van der Waals surface area (Å²) in [6.07, 6.45) is 1.53. The van der Waals surface area contributed by atoms with E-state index in [1.165, 1.54) is 0 Å². The molecule has 0 heterocycles. The van der Waals surface area contributed by atoms with Crippen molar-refractivity contribution < 1.29 is 4.74 Å². The molecule has 0 saturated carbocycles. The lowest BCUT2D eigenvalue weighted by Gasteiger charge is -2.25. The standard InChI is InChI=1S/C9H18N2O/c1-9(2,8-12-3)11-7-5-4-6-10/h11H,4-5,7-8H2,1-3H3. The maximum absolute atomic E-state index is 8.30. The number of hydrogen-bond acceptors (Lipinski definition) is 3. The summed E-state index contributed by atoms with van der Waals surface area (Å²) >= 11 is 0. The Morgan fingerprint density at radius 3 is 2.67 bits per heavy atom. The predicted octanol–water partition coefficient (Wildman–Crippen LogP) is 1.30. The third-order valence-corrected chi connectivity index (χ3v) is 1.57. The first-order valence-electron chi connectivity index (χ1n) is 4.23. The number of hydrogen-bond donors (Lipinski definition) is 1. The largest absolute Gasteiger partial charge is 0.383 e. The van der Waals surface area contributed by atoms with Gasteiger partial charge in [0.1, 0.15) is 0 Å². The van der Waals surface area contributed by atoms with Gasteiger partial charge in [-0.15, -0.1) is 0 Å². The molecule has 0 aromatic heterocycles. The minimum Gasteiger partial charge on any atom is -0.383 e. The molecule has 70 valence electrons. The molecular formula is C9H18N2O. The van der Waals surface area contributed by atoms with Crippen molar-refractivity contribution in [2.45, 2.75) is 32.2 Å². The van der Waals surface area contributed by atoms with Crippen LogP contribution in [0.2, 0.25) is 0 Å². The Bertz CT molecular complexity index is 149. The first-order valence-corrected chi connectivity index (χ1v) is 4.23. The molecule has 0 aromatic rings. The lowest BCUT2D eigenvalue weighted by molar-refractivity contribution is 0.129. The van der Waals surface area contributed by atoms with E-state index in [9.17, 15) is 0 Å². The third kappa shape index (κ3) is 6.14. The second-order valence-electron chi connectivity index (χ2n) is 3.51. The average molecular weight is 170 g/mol. The van der Waals surface area contributed by atoms with Gasteiger partial charge in [0, 0.05) is 19.1 Å². The van der Waals surface area contributed by atoms with Crippen LogP contribution in [0.4, 0.5) is 0 Å². The van der Waals surface area contributed by atoms with Crippen LogP contribution in [-0.4, -0.2) is 25.8 Å². The van der Waals surface area contributed by atoms with E-state index in [-0.39, 0.29) is 5.54 Å². The van der Waals surface area contributed by atoms with Crippen LogP contribution in [0.3, 0.4) is 0 Å². The van der Waals surface area contributed by atoms with Crippen LogP contribution in [0.5, 0.6) is 0 Å². The molecule has 0 bridgehead atoms. The molecule has 0 fully saturated rings. The van der Waals surface area contributed by atoms with Gasteiger partial charge in [0.25, 0.3) is 0 Å². The molecule has 0 aromatic carbocycles. The highest BCUT2D eigenvalue weighted by Gasteiger charge is 2.15. The molecule has 0 saturated heterocycles. The van der Waals surface area contributed by atoms with Crippen LogP contribution in [0, 0.1) is 11.3 Å². The smallest absolute Gasteiger partial charge is 0.0639 e. The predicted molar refractivity (Wildman–Crippen MR) is 48.8 cm³/mol. The Kier molecular flexibility index (Phi) is 5.69. The number of ether oxygens (including phenoxy) is 1. The molecule has 0 amide bonds. The van der Waals surface area contributed by atoms with Gasteiger partial charge >= 0.3 is 0 Å².